The number of benzene rings is 1. The topological polar surface area (TPSA) is 38.7 Å². The van der Waals surface area contributed by atoms with Gasteiger partial charge in [-0.3, -0.25) is 0 Å². The van der Waals surface area contributed by atoms with Gasteiger partial charge in [-0.1, -0.05) is 53.7 Å². The van der Waals surface area contributed by atoms with Crippen molar-refractivity contribution in [1.29, 1.82) is 0 Å². The third kappa shape index (κ3) is 2.85. The zero-order valence-corrected chi connectivity index (χ0v) is 11.5. The van der Waals surface area contributed by atoms with Crippen LogP contribution in [0.4, 0.5) is 0 Å². The van der Waals surface area contributed by atoms with Crippen molar-refractivity contribution in [2.45, 2.75) is 10.8 Å². The predicted octanol–water partition coefficient (Wildman–Crippen LogP) is 3.97. The number of nitrogens with zero attached hydrogens (tertiary/aromatic N) is 3. The van der Waals surface area contributed by atoms with Gasteiger partial charge >= 0.3 is 0 Å². The summed E-state index contributed by atoms with van der Waals surface area (Å²) < 4.78 is 0. The Morgan fingerprint density at radius 2 is 1.95 bits per heavy atom. The molecule has 3 aromatic rings. The molecule has 3 nitrogen and oxygen atoms in total. The Bertz CT molecular complexity index is 695. The molecule has 0 aliphatic carbocycles. The van der Waals surface area contributed by atoms with Crippen LogP contribution < -0.4 is 0 Å². The van der Waals surface area contributed by atoms with Crippen LogP contribution in [0, 0.1) is 0 Å². The zero-order chi connectivity index (χ0) is 13.1. The molecule has 19 heavy (non-hydrogen) atoms. The average molecular weight is 288 g/mol. The lowest BCUT2D eigenvalue weighted by molar-refractivity contribution is 0.955. The van der Waals surface area contributed by atoms with Gasteiger partial charge in [0.15, 0.2) is 0 Å². The molecule has 0 unspecified atom stereocenters. The van der Waals surface area contributed by atoms with Crippen LogP contribution in [0.3, 0.4) is 0 Å². The molecule has 0 aliphatic rings. The largest absolute Gasteiger partial charge is 0.244 e. The number of hydrogen-bond acceptors (Lipinski definition) is 4. The van der Waals surface area contributed by atoms with Crippen molar-refractivity contribution in [3.05, 3.63) is 59.5 Å². The normalized spacial score (nSPS) is 10.8. The minimum Gasteiger partial charge on any atom is -0.244 e. The second-order valence-corrected chi connectivity index (χ2v) is 5.37. The van der Waals surface area contributed by atoms with Gasteiger partial charge in [0.2, 0.25) is 0 Å². The van der Waals surface area contributed by atoms with Gasteiger partial charge in [0.1, 0.15) is 10.2 Å². The number of hydrogen-bond donors (Lipinski definition) is 0. The molecular weight excluding hydrogens is 278 g/mol. The minimum atomic E-state index is 0.513. The number of pyridine rings is 1. The first-order valence-electron chi connectivity index (χ1n) is 5.76. The zero-order valence-electron chi connectivity index (χ0n) is 9.95. The Labute approximate surface area is 120 Å². The van der Waals surface area contributed by atoms with E-state index in [4.69, 9.17) is 11.6 Å². The Morgan fingerprint density at radius 1 is 1.05 bits per heavy atom. The van der Waals surface area contributed by atoms with E-state index in [0.29, 0.717) is 5.15 Å². The Kier molecular flexibility index (Phi) is 3.62. The summed E-state index contributed by atoms with van der Waals surface area (Å²) in [4.78, 5) is 4.07. The van der Waals surface area contributed by atoms with Crippen molar-refractivity contribution in [1.82, 2.24) is 15.2 Å². The van der Waals surface area contributed by atoms with Crippen molar-refractivity contribution in [2.24, 2.45) is 0 Å². The van der Waals surface area contributed by atoms with Crippen molar-refractivity contribution in [3.8, 4) is 0 Å². The van der Waals surface area contributed by atoms with Crippen molar-refractivity contribution >= 4 is 34.1 Å². The number of rotatable bonds is 3. The van der Waals surface area contributed by atoms with Gasteiger partial charge in [0.25, 0.3) is 0 Å². The lowest BCUT2D eigenvalue weighted by Crippen LogP contribution is -1.89. The monoisotopic (exact) mass is 287 g/mol. The molecule has 2 heterocycles. The summed E-state index contributed by atoms with van der Waals surface area (Å²) in [6.45, 7) is 0. The van der Waals surface area contributed by atoms with Crippen LogP contribution in [-0.4, -0.2) is 15.2 Å². The quantitative estimate of drug-likeness (QED) is 0.540. The number of halogens is 1. The van der Waals surface area contributed by atoms with Gasteiger partial charge < -0.3 is 0 Å². The molecule has 2 aromatic heterocycles. The van der Waals surface area contributed by atoms with E-state index < -0.39 is 0 Å². The summed E-state index contributed by atoms with van der Waals surface area (Å²) in [5.74, 6) is 0.798. The summed E-state index contributed by atoms with van der Waals surface area (Å²) in [7, 11) is 0. The molecule has 3 rings (SSSR count). The number of thioether (sulfide) groups is 1. The summed E-state index contributed by atoms with van der Waals surface area (Å²) in [5, 5.41) is 11.9. The maximum atomic E-state index is 5.77. The third-order valence-corrected chi connectivity index (χ3v) is 3.98. The van der Waals surface area contributed by atoms with Gasteiger partial charge in [0.05, 0.1) is 6.20 Å². The van der Waals surface area contributed by atoms with Crippen LogP contribution in [0.5, 0.6) is 0 Å². The van der Waals surface area contributed by atoms with Crippen molar-refractivity contribution in [2.75, 3.05) is 0 Å². The SMILES string of the molecule is Clc1ccc(CSc2nncc3ccccc23)cn1. The van der Waals surface area contributed by atoms with E-state index in [0.717, 1.165) is 27.1 Å². The fourth-order valence-corrected chi connectivity index (χ4v) is 2.78. The molecule has 0 fully saturated rings. The van der Waals surface area contributed by atoms with Crippen LogP contribution in [0.2, 0.25) is 5.15 Å². The molecule has 0 saturated carbocycles. The van der Waals surface area contributed by atoms with Crippen LogP contribution >= 0.6 is 23.4 Å². The summed E-state index contributed by atoms with van der Waals surface area (Å²) in [6.07, 6.45) is 3.57. The molecule has 0 radical (unpaired) electrons. The van der Waals surface area contributed by atoms with Gasteiger partial charge in [-0.25, -0.2) is 4.98 Å². The number of fused-ring (bicyclic) bond motifs is 1. The average Bonchev–Trinajstić information content (AvgIpc) is 2.47. The van der Waals surface area contributed by atoms with Crippen LogP contribution in [0.1, 0.15) is 5.56 Å². The highest BCUT2D eigenvalue weighted by Gasteiger charge is 2.04. The minimum absolute atomic E-state index is 0.513. The van der Waals surface area contributed by atoms with E-state index in [1.807, 2.05) is 24.3 Å². The highest BCUT2D eigenvalue weighted by Crippen LogP contribution is 2.27. The molecule has 5 heteroatoms. The molecule has 0 spiro atoms. The van der Waals surface area contributed by atoms with Crippen LogP contribution in [0.15, 0.2) is 53.8 Å². The Hall–Kier alpha value is -1.65. The van der Waals surface area contributed by atoms with E-state index in [2.05, 4.69) is 21.2 Å². The van der Waals surface area contributed by atoms with Gasteiger partial charge in [-0.05, 0) is 11.6 Å². The first-order chi connectivity index (χ1) is 9.33. The van der Waals surface area contributed by atoms with Gasteiger partial charge in [-0.15, -0.1) is 5.10 Å². The smallest absolute Gasteiger partial charge is 0.129 e. The predicted molar refractivity (Wildman–Crippen MR) is 78.3 cm³/mol. The Morgan fingerprint density at radius 3 is 2.79 bits per heavy atom. The van der Waals surface area contributed by atoms with E-state index in [1.165, 1.54) is 0 Å². The molecule has 0 N–H and O–H groups in total. The third-order valence-electron chi connectivity index (χ3n) is 2.70. The molecule has 0 bridgehead atoms. The summed E-state index contributed by atoms with van der Waals surface area (Å²) >= 11 is 7.42. The van der Waals surface area contributed by atoms with Gasteiger partial charge in [-0.2, -0.15) is 5.10 Å². The fourth-order valence-electron chi connectivity index (χ4n) is 1.75. The molecule has 94 valence electrons. The standard InChI is InChI=1S/C14H10ClN3S/c15-13-6-5-10(7-16-13)9-19-14-12-4-2-1-3-11(12)8-17-18-14/h1-8H,9H2. The van der Waals surface area contributed by atoms with Crippen LogP contribution in [-0.2, 0) is 5.75 Å². The highest BCUT2D eigenvalue weighted by atomic mass is 35.5. The highest BCUT2D eigenvalue weighted by molar-refractivity contribution is 7.98. The lowest BCUT2D eigenvalue weighted by Gasteiger charge is -2.04. The second-order valence-electron chi connectivity index (χ2n) is 4.01. The lowest BCUT2D eigenvalue weighted by atomic mass is 10.2. The van der Waals surface area contributed by atoms with E-state index in [-0.39, 0.29) is 0 Å². The van der Waals surface area contributed by atoms with E-state index in [1.54, 1.807) is 30.2 Å². The Balaban J connectivity index is 1.84. The molecule has 0 atom stereocenters. The molecule has 1 aromatic carbocycles. The maximum Gasteiger partial charge on any atom is 0.129 e. The van der Waals surface area contributed by atoms with Gasteiger partial charge in [0, 0.05) is 22.7 Å². The second kappa shape index (κ2) is 5.55. The maximum absolute atomic E-state index is 5.77. The fraction of sp³-hybridized carbons (Fsp3) is 0.0714. The van der Waals surface area contributed by atoms with Crippen LogP contribution in [0.25, 0.3) is 10.8 Å². The van der Waals surface area contributed by atoms with Crippen molar-refractivity contribution < 1.29 is 0 Å². The molecule has 0 amide bonds. The first kappa shape index (κ1) is 12.4. The first-order valence-corrected chi connectivity index (χ1v) is 7.13. The molecule has 0 saturated heterocycles. The molecular formula is C14H10ClN3S. The summed E-state index contributed by atoms with van der Waals surface area (Å²) in [5.41, 5.74) is 1.11. The van der Waals surface area contributed by atoms with Crippen molar-refractivity contribution in [3.63, 3.8) is 0 Å². The summed E-state index contributed by atoms with van der Waals surface area (Å²) in [6, 6.07) is 11.9. The molecule has 0 aliphatic heterocycles. The van der Waals surface area contributed by atoms with E-state index >= 15 is 0 Å². The number of aromatic nitrogens is 3. The van der Waals surface area contributed by atoms with E-state index in [9.17, 15) is 0 Å².